The van der Waals surface area contributed by atoms with Crippen LogP contribution in [0.4, 0.5) is 0 Å². The second-order valence-corrected chi connectivity index (χ2v) is 5.09. The number of tetrazole rings is 1. The van der Waals surface area contributed by atoms with Crippen LogP contribution >= 0.6 is 11.3 Å². The van der Waals surface area contributed by atoms with Crippen molar-refractivity contribution in [3.05, 3.63) is 28.0 Å². The van der Waals surface area contributed by atoms with Crippen molar-refractivity contribution in [2.45, 2.75) is 32.9 Å². The Morgan fingerprint density at radius 3 is 2.95 bits per heavy atom. The summed E-state index contributed by atoms with van der Waals surface area (Å²) in [6.07, 6.45) is 0.836. The zero-order chi connectivity index (χ0) is 13.8. The van der Waals surface area contributed by atoms with Gasteiger partial charge >= 0.3 is 5.69 Å². The van der Waals surface area contributed by atoms with E-state index in [4.69, 9.17) is 0 Å². The Bertz CT molecular complexity index is 601. The lowest BCUT2D eigenvalue weighted by Gasteiger charge is -2.10. The van der Waals surface area contributed by atoms with Crippen LogP contribution in [0.15, 0.2) is 22.3 Å². The first-order chi connectivity index (χ1) is 9.11. The fourth-order valence-corrected chi connectivity index (χ4v) is 2.13. The van der Waals surface area contributed by atoms with Crippen LogP contribution in [0, 0.1) is 0 Å². The maximum atomic E-state index is 12.0. The number of carbonyl (C=O) groups is 1. The largest absolute Gasteiger partial charge is 0.369 e. The lowest BCUT2D eigenvalue weighted by Crippen LogP contribution is -2.37. The van der Waals surface area contributed by atoms with E-state index in [2.05, 4.69) is 15.7 Å². The van der Waals surface area contributed by atoms with Gasteiger partial charge in [0, 0.05) is 6.04 Å². The first-order valence-corrected chi connectivity index (χ1v) is 6.86. The zero-order valence-corrected chi connectivity index (χ0v) is 11.6. The summed E-state index contributed by atoms with van der Waals surface area (Å²) in [6, 6.07) is 3.67. The van der Waals surface area contributed by atoms with E-state index in [1.165, 1.54) is 16.0 Å². The molecule has 0 bridgehead atoms. The highest BCUT2D eigenvalue weighted by atomic mass is 32.1. The number of hydrogen-bond acceptors (Lipinski definition) is 5. The molecule has 0 aliphatic heterocycles. The molecule has 0 saturated heterocycles. The van der Waals surface area contributed by atoms with Crippen molar-refractivity contribution >= 4 is 17.2 Å². The molecular weight excluding hydrogens is 266 g/mol. The predicted molar refractivity (Wildman–Crippen MR) is 71.4 cm³/mol. The van der Waals surface area contributed by atoms with Crippen LogP contribution < -0.4 is 11.0 Å². The number of carbonyl (C=O) groups excluding carboxylic acids is 1. The molecule has 102 valence electrons. The number of rotatable bonds is 5. The Morgan fingerprint density at radius 2 is 2.32 bits per heavy atom. The molecule has 0 aliphatic rings. The molecule has 19 heavy (non-hydrogen) atoms. The number of thiophene rings is 1. The van der Waals surface area contributed by atoms with Crippen LogP contribution in [0.3, 0.4) is 0 Å². The molecule has 2 rings (SSSR count). The molecule has 0 aromatic carbocycles. The molecule has 8 heteroatoms. The SMILES string of the molecule is CC[C@H](C)NC(=O)Cn1nnn(-c2cccs2)c1=O. The molecule has 1 amide bonds. The van der Waals surface area contributed by atoms with Crippen molar-refractivity contribution in [3.63, 3.8) is 0 Å². The van der Waals surface area contributed by atoms with E-state index in [1.54, 1.807) is 6.07 Å². The maximum Gasteiger partial charge on any atom is 0.369 e. The average Bonchev–Trinajstić information content (AvgIpc) is 3.00. The van der Waals surface area contributed by atoms with Gasteiger partial charge in [0.05, 0.1) is 0 Å². The number of nitrogens with one attached hydrogen (secondary N) is 1. The molecule has 7 nitrogen and oxygen atoms in total. The lowest BCUT2D eigenvalue weighted by molar-refractivity contribution is -0.122. The normalized spacial score (nSPS) is 12.3. The van der Waals surface area contributed by atoms with Crippen molar-refractivity contribution in [1.82, 2.24) is 25.1 Å². The van der Waals surface area contributed by atoms with Crippen LogP contribution in [0.25, 0.3) is 5.00 Å². The maximum absolute atomic E-state index is 12.0. The van der Waals surface area contributed by atoms with E-state index < -0.39 is 5.69 Å². The van der Waals surface area contributed by atoms with Gasteiger partial charge in [-0.3, -0.25) is 4.79 Å². The minimum atomic E-state index is -0.415. The fraction of sp³-hybridized carbons (Fsp3) is 0.455. The fourth-order valence-electron chi connectivity index (χ4n) is 1.46. The second kappa shape index (κ2) is 5.79. The van der Waals surface area contributed by atoms with Crippen LogP contribution in [-0.4, -0.2) is 31.7 Å². The molecule has 0 fully saturated rings. The molecule has 0 unspecified atom stereocenters. The second-order valence-electron chi connectivity index (χ2n) is 4.16. The summed E-state index contributed by atoms with van der Waals surface area (Å²) >= 11 is 1.38. The Morgan fingerprint density at radius 1 is 1.53 bits per heavy atom. The van der Waals surface area contributed by atoms with Gasteiger partial charge in [0.1, 0.15) is 11.5 Å². The van der Waals surface area contributed by atoms with E-state index in [1.807, 2.05) is 25.3 Å². The van der Waals surface area contributed by atoms with Gasteiger partial charge in [0.2, 0.25) is 5.91 Å². The Balaban J connectivity index is 2.11. The molecule has 2 heterocycles. The van der Waals surface area contributed by atoms with Gasteiger partial charge in [0.15, 0.2) is 0 Å². The molecule has 1 N–H and O–H groups in total. The standard InChI is InChI=1S/C11H15N5O2S/c1-3-8(2)12-9(17)7-15-11(18)16(14-13-15)10-5-4-6-19-10/h4-6,8H,3,7H2,1-2H3,(H,12,17)/t8-/m0/s1. The molecule has 2 aromatic rings. The van der Waals surface area contributed by atoms with Gasteiger partial charge < -0.3 is 5.32 Å². The third-order valence-corrected chi connectivity index (χ3v) is 3.51. The summed E-state index contributed by atoms with van der Waals surface area (Å²) < 4.78 is 2.23. The van der Waals surface area contributed by atoms with Gasteiger partial charge in [-0.2, -0.15) is 9.36 Å². The molecular formula is C11H15N5O2S. The molecule has 0 radical (unpaired) electrons. The van der Waals surface area contributed by atoms with Crippen molar-refractivity contribution < 1.29 is 4.79 Å². The van der Waals surface area contributed by atoms with Crippen molar-refractivity contribution in [3.8, 4) is 5.00 Å². The van der Waals surface area contributed by atoms with Gasteiger partial charge in [-0.05, 0) is 41.3 Å². The third-order valence-electron chi connectivity index (χ3n) is 2.67. The highest BCUT2D eigenvalue weighted by molar-refractivity contribution is 7.12. The topological polar surface area (TPSA) is 81.8 Å². The van der Waals surface area contributed by atoms with Gasteiger partial charge in [-0.25, -0.2) is 4.79 Å². The Hall–Kier alpha value is -1.96. The quantitative estimate of drug-likeness (QED) is 0.860. The first kappa shape index (κ1) is 13.5. The summed E-state index contributed by atoms with van der Waals surface area (Å²) in [5.74, 6) is -0.241. The van der Waals surface area contributed by atoms with Crippen LogP contribution in [0.1, 0.15) is 20.3 Å². The zero-order valence-electron chi connectivity index (χ0n) is 10.7. The lowest BCUT2D eigenvalue weighted by atomic mass is 10.2. The van der Waals surface area contributed by atoms with E-state index in [0.717, 1.165) is 11.1 Å². The average molecular weight is 281 g/mol. The molecule has 1 atom stereocenters. The van der Waals surface area contributed by atoms with Crippen molar-refractivity contribution in [2.24, 2.45) is 0 Å². The van der Waals surface area contributed by atoms with E-state index in [-0.39, 0.29) is 18.5 Å². The number of hydrogen-bond donors (Lipinski definition) is 1. The Kier molecular flexibility index (Phi) is 4.10. The molecule has 0 aliphatic carbocycles. The molecule has 0 saturated carbocycles. The van der Waals surface area contributed by atoms with Crippen LogP contribution in [0.5, 0.6) is 0 Å². The van der Waals surface area contributed by atoms with Gasteiger partial charge in [0.25, 0.3) is 0 Å². The molecule has 2 aromatic heterocycles. The highest BCUT2D eigenvalue weighted by Gasteiger charge is 2.13. The summed E-state index contributed by atoms with van der Waals surface area (Å²) in [4.78, 5) is 23.7. The van der Waals surface area contributed by atoms with Crippen molar-refractivity contribution in [1.29, 1.82) is 0 Å². The van der Waals surface area contributed by atoms with Gasteiger partial charge in [-0.1, -0.05) is 6.92 Å². The van der Waals surface area contributed by atoms with Crippen molar-refractivity contribution in [2.75, 3.05) is 0 Å². The first-order valence-electron chi connectivity index (χ1n) is 5.98. The summed E-state index contributed by atoms with van der Waals surface area (Å²) in [7, 11) is 0. The van der Waals surface area contributed by atoms with Crippen LogP contribution in [-0.2, 0) is 11.3 Å². The van der Waals surface area contributed by atoms with E-state index >= 15 is 0 Å². The summed E-state index contributed by atoms with van der Waals surface area (Å²) in [5, 5.41) is 12.8. The number of aromatic nitrogens is 4. The van der Waals surface area contributed by atoms with E-state index in [0.29, 0.717) is 5.00 Å². The minimum Gasteiger partial charge on any atom is -0.352 e. The third kappa shape index (κ3) is 3.08. The van der Waals surface area contributed by atoms with Gasteiger partial charge in [-0.15, -0.1) is 11.3 Å². The molecule has 0 spiro atoms. The van der Waals surface area contributed by atoms with E-state index in [9.17, 15) is 9.59 Å². The highest BCUT2D eigenvalue weighted by Crippen LogP contribution is 2.10. The smallest absolute Gasteiger partial charge is 0.352 e. The number of amides is 1. The number of nitrogens with zero attached hydrogens (tertiary/aromatic N) is 4. The summed E-state index contributed by atoms with van der Waals surface area (Å²) in [5.41, 5.74) is -0.415. The summed E-state index contributed by atoms with van der Waals surface area (Å²) in [6.45, 7) is 3.77. The Labute approximate surface area is 113 Å². The predicted octanol–water partition coefficient (Wildman–Crippen LogP) is 0.405. The monoisotopic (exact) mass is 281 g/mol. The minimum absolute atomic E-state index is 0.0792. The van der Waals surface area contributed by atoms with Crippen LogP contribution in [0.2, 0.25) is 0 Å².